The lowest BCUT2D eigenvalue weighted by Crippen LogP contribution is -2.33. The first-order chi connectivity index (χ1) is 14.5. The van der Waals surface area contributed by atoms with Gasteiger partial charge in [-0.3, -0.25) is 0 Å². The molecule has 0 radical (unpaired) electrons. The van der Waals surface area contributed by atoms with E-state index in [1.54, 1.807) is 6.07 Å². The number of halogens is 1. The first kappa shape index (κ1) is 21.4. The topological polar surface area (TPSA) is 47.3 Å². The van der Waals surface area contributed by atoms with Gasteiger partial charge in [0.2, 0.25) is 0 Å². The quantitative estimate of drug-likeness (QED) is 0.621. The molecule has 3 nitrogen and oxygen atoms in total. The molecule has 1 heterocycles. The van der Waals surface area contributed by atoms with Crippen molar-refractivity contribution in [3.05, 3.63) is 71.0 Å². The monoisotopic (exact) mass is 424 g/mol. The van der Waals surface area contributed by atoms with Gasteiger partial charge in [-0.2, -0.15) is 5.26 Å². The van der Waals surface area contributed by atoms with Crippen LogP contribution >= 0.6 is 11.9 Å². The van der Waals surface area contributed by atoms with Crippen molar-refractivity contribution in [2.45, 2.75) is 74.8 Å². The molecule has 0 bridgehead atoms. The van der Waals surface area contributed by atoms with Crippen molar-refractivity contribution in [3.8, 4) is 6.07 Å². The number of aliphatic hydroxyl groups is 1. The SMILES string of the molecule is C[C@H]1CC[C@H](c2ccccc2)SN1Cc1ccc([C@]2(C#N)CC[C@@H](O)CC2)cc1F. The fourth-order valence-corrected chi connectivity index (χ4v) is 6.02. The second kappa shape index (κ2) is 9.09. The molecule has 2 aromatic carbocycles. The third-order valence-electron chi connectivity index (χ3n) is 6.73. The van der Waals surface area contributed by atoms with Gasteiger partial charge >= 0.3 is 0 Å². The van der Waals surface area contributed by atoms with Crippen LogP contribution < -0.4 is 0 Å². The van der Waals surface area contributed by atoms with Gasteiger partial charge in [-0.1, -0.05) is 54.4 Å². The highest BCUT2D eigenvalue weighted by Crippen LogP contribution is 2.44. The summed E-state index contributed by atoms with van der Waals surface area (Å²) in [6, 6.07) is 18.7. The van der Waals surface area contributed by atoms with Crippen molar-refractivity contribution in [2.24, 2.45) is 0 Å². The van der Waals surface area contributed by atoms with Crippen molar-refractivity contribution in [3.63, 3.8) is 0 Å². The molecule has 0 unspecified atom stereocenters. The normalized spacial score (nSPS) is 30.0. The molecule has 1 aliphatic heterocycles. The molecular formula is C25H29FN2OS. The first-order valence-corrected chi connectivity index (χ1v) is 11.7. The minimum Gasteiger partial charge on any atom is -0.393 e. The summed E-state index contributed by atoms with van der Waals surface area (Å²) in [5.74, 6) is -0.233. The Bertz CT molecular complexity index is 905. The Kier molecular flexibility index (Phi) is 6.48. The van der Waals surface area contributed by atoms with E-state index in [9.17, 15) is 10.4 Å². The van der Waals surface area contributed by atoms with Gasteiger partial charge in [0.25, 0.3) is 0 Å². The Hall–Kier alpha value is -1.87. The molecule has 2 fully saturated rings. The zero-order chi connectivity index (χ0) is 21.1. The average Bonchev–Trinajstić information content (AvgIpc) is 2.78. The number of rotatable bonds is 4. The molecule has 2 aliphatic rings. The average molecular weight is 425 g/mol. The molecule has 1 saturated carbocycles. The molecule has 1 N–H and O–H groups in total. The molecule has 1 saturated heterocycles. The van der Waals surface area contributed by atoms with Gasteiger partial charge in [0.15, 0.2) is 0 Å². The van der Waals surface area contributed by atoms with E-state index in [1.165, 1.54) is 5.56 Å². The fraction of sp³-hybridized carbons (Fsp3) is 0.480. The Morgan fingerprint density at radius 3 is 2.53 bits per heavy atom. The Balaban J connectivity index is 1.50. The zero-order valence-electron chi connectivity index (χ0n) is 17.4. The highest BCUT2D eigenvalue weighted by Gasteiger charge is 2.37. The minimum absolute atomic E-state index is 0.233. The third kappa shape index (κ3) is 4.42. The van der Waals surface area contributed by atoms with E-state index in [2.05, 4.69) is 41.6 Å². The zero-order valence-corrected chi connectivity index (χ0v) is 18.2. The number of hydrogen-bond acceptors (Lipinski definition) is 4. The number of benzene rings is 2. The van der Waals surface area contributed by atoms with Crippen molar-refractivity contribution in [1.82, 2.24) is 4.31 Å². The second-order valence-corrected chi connectivity index (χ2v) is 9.99. The van der Waals surface area contributed by atoms with Crippen LogP contribution in [0, 0.1) is 17.1 Å². The second-order valence-electron chi connectivity index (χ2n) is 8.74. The molecule has 158 valence electrons. The maximum atomic E-state index is 15.1. The van der Waals surface area contributed by atoms with Gasteiger partial charge in [-0.05, 0) is 62.6 Å². The molecule has 5 heteroatoms. The molecule has 0 spiro atoms. The van der Waals surface area contributed by atoms with Crippen LogP contribution in [0.25, 0.3) is 0 Å². The van der Waals surface area contributed by atoms with E-state index in [0.717, 1.165) is 18.4 Å². The smallest absolute Gasteiger partial charge is 0.128 e. The molecule has 2 aromatic rings. The van der Waals surface area contributed by atoms with Crippen LogP contribution in [-0.4, -0.2) is 21.6 Å². The van der Waals surface area contributed by atoms with Crippen LogP contribution in [0.5, 0.6) is 0 Å². The van der Waals surface area contributed by atoms with E-state index in [1.807, 2.05) is 30.1 Å². The summed E-state index contributed by atoms with van der Waals surface area (Å²) in [5.41, 5.74) is 2.07. The first-order valence-electron chi connectivity index (χ1n) is 10.9. The Morgan fingerprint density at radius 1 is 1.13 bits per heavy atom. The number of aliphatic hydroxyl groups excluding tert-OH is 1. The summed E-state index contributed by atoms with van der Waals surface area (Å²) in [5, 5.41) is 20.0. The van der Waals surface area contributed by atoms with Crippen LogP contribution in [0.4, 0.5) is 4.39 Å². The summed E-state index contributed by atoms with van der Waals surface area (Å²) < 4.78 is 17.4. The Labute approximate surface area is 183 Å². The highest BCUT2D eigenvalue weighted by atomic mass is 32.2. The lowest BCUT2D eigenvalue weighted by Gasteiger charge is -2.37. The molecule has 0 aromatic heterocycles. The largest absolute Gasteiger partial charge is 0.393 e. The van der Waals surface area contributed by atoms with Crippen molar-refractivity contribution in [1.29, 1.82) is 5.26 Å². The fourth-order valence-electron chi connectivity index (χ4n) is 4.65. The van der Waals surface area contributed by atoms with Crippen molar-refractivity contribution in [2.75, 3.05) is 0 Å². The molecule has 0 amide bonds. The maximum absolute atomic E-state index is 15.1. The predicted molar refractivity (Wildman–Crippen MR) is 119 cm³/mol. The highest BCUT2D eigenvalue weighted by molar-refractivity contribution is 7.97. The molecule has 2 atom stereocenters. The van der Waals surface area contributed by atoms with E-state index in [4.69, 9.17) is 0 Å². The van der Waals surface area contributed by atoms with Crippen LogP contribution in [0.2, 0.25) is 0 Å². The van der Waals surface area contributed by atoms with Crippen molar-refractivity contribution < 1.29 is 9.50 Å². The van der Waals surface area contributed by atoms with E-state index in [-0.39, 0.29) is 11.9 Å². The molecule has 1 aliphatic carbocycles. The van der Waals surface area contributed by atoms with Gasteiger partial charge in [0.05, 0.1) is 17.6 Å². The van der Waals surface area contributed by atoms with Gasteiger partial charge in [0.1, 0.15) is 5.82 Å². The van der Waals surface area contributed by atoms with Crippen LogP contribution in [0.15, 0.2) is 48.5 Å². The summed E-state index contributed by atoms with van der Waals surface area (Å²) in [6.45, 7) is 2.76. The van der Waals surface area contributed by atoms with Crippen LogP contribution in [0.1, 0.15) is 67.4 Å². The lowest BCUT2D eigenvalue weighted by molar-refractivity contribution is 0.109. The summed E-state index contributed by atoms with van der Waals surface area (Å²) in [6.07, 6.45) is 4.24. The molecule has 30 heavy (non-hydrogen) atoms. The standard InChI is InChI=1S/C25H29FN2OS/c1-18-7-10-24(19-5-3-2-4-6-19)30-28(18)16-20-8-9-21(15-23(20)26)25(17-27)13-11-22(29)12-14-25/h2-6,8-9,15,18,22,24,29H,7,10-14,16H2,1H3/t18-,22-,24+,25-/m0/s1. The van der Waals surface area contributed by atoms with Crippen LogP contribution in [0.3, 0.4) is 0 Å². The van der Waals surface area contributed by atoms with E-state index < -0.39 is 5.41 Å². The van der Waals surface area contributed by atoms with Gasteiger partial charge in [-0.15, -0.1) is 0 Å². The summed E-state index contributed by atoms with van der Waals surface area (Å²) in [4.78, 5) is 0. The van der Waals surface area contributed by atoms with Gasteiger partial charge in [0, 0.05) is 23.4 Å². The number of nitrogens with zero attached hydrogens (tertiary/aromatic N) is 2. The number of hydrogen-bond donors (Lipinski definition) is 1. The van der Waals surface area contributed by atoms with E-state index >= 15 is 4.39 Å². The summed E-state index contributed by atoms with van der Waals surface area (Å²) >= 11 is 1.82. The predicted octanol–water partition coefficient (Wildman–Crippen LogP) is 5.90. The number of nitriles is 1. The Morgan fingerprint density at radius 2 is 1.87 bits per heavy atom. The third-order valence-corrected chi connectivity index (χ3v) is 8.25. The minimum atomic E-state index is -0.676. The van der Waals surface area contributed by atoms with Gasteiger partial charge < -0.3 is 5.11 Å². The summed E-state index contributed by atoms with van der Waals surface area (Å²) in [7, 11) is 0. The van der Waals surface area contributed by atoms with Crippen molar-refractivity contribution >= 4 is 11.9 Å². The maximum Gasteiger partial charge on any atom is 0.128 e. The van der Waals surface area contributed by atoms with E-state index in [0.29, 0.717) is 49.1 Å². The van der Waals surface area contributed by atoms with Gasteiger partial charge in [-0.25, -0.2) is 8.70 Å². The molecule has 4 rings (SSSR count). The van der Waals surface area contributed by atoms with Crippen LogP contribution in [-0.2, 0) is 12.0 Å². The molecular weight excluding hydrogens is 395 g/mol. The lowest BCUT2D eigenvalue weighted by atomic mass is 9.69.